The molecule has 116 valence electrons. The fraction of sp³-hybridized carbons (Fsp3) is 0.188. The van der Waals surface area contributed by atoms with Crippen LogP contribution in [0.4, 0.5) is 4.39 Å². The maximum Gasteiger partial charge on any atom is 0.248 e. The van der Waals surface area contributed by atoms with Crippen LogP contribution < -0.4 is 15.2 Å². The molecule has 0 heterocycles. The Bertz CT molecular complexity index is 691. The van der Waals surface area contributed by atoms with E-state index in [2.05, 4.69) is 0 Å². The molecule has 4 nitrogen and oxygen atoms in total. The highest BCUT2D eigenvalue weighted by Gasteiger charge is 2.15. The smallest absolute Gasteiger partial charge is 0.248 e. The number of halogens is 2. The Balaban J connectivity index is 2.29. The van der Waals surface area contributed by atoms with Gasteiger partial charge in [0.15, 0.2) is 11.5 Å². The van der Waals surface area contributed by atoms with Gasteiger partial charge in [-0.3, -0.25) is 4.79 Å². The molecule has 0 aliphatic carbocycles. The molecule has 0 aromatic heterocycles. The molecule has 0 spiro atoms. The number of ether oxygens (including phenoxy) is 2. The van der Waals surface area contributed by atoms with E-state index in [0.29, 0.717) is 32.8 Å². The molecule has 0 radical (unpaired) electrons. The SMILES string of the molecule is CCOc1cc(C(N)=O)cc(I)c1OCc1ccccc1F. The van der Waals surface area contributed by atoms with Crippen LogP contribution in [-0.4, -0.2) is 12.5 Å². The summed E-state index contributed by atoms with van der Waals surface area (Å²) in [6.45, 7) is 2.30. The number of nitrogens with two attached hydrogens (primary N) is 1. The van der Waals surface area contributed by atoms with Gasteiger partial charge in [0.2, 0.25) is 5.91 Å². The van der Waals surface area contributed by atoms with Crippen LogP contribution in [0.2, 0.25) is 0 Å². The summed E-state index contributed by atoms with van der Waals surface area (Å²) in [7, 11) is 0. The van der Waals surface area contributed by atoms with E-state index in [0.717, 1.165) is 0 Å². The van der Waals surface area contributed by atoms with Gasteiger partial charge in [-0.05, 0) is 47.7 Å². The number of carbonyl (C=O) groups is 1. The first-order valence-electron chi connectivity index (χ1n) is 6.65. The lowest BCUT2D eigenvalue weighted by Gasteiger charge is -2.15. The van der Waals surface area contributed by atoms with Gasteiger partial charge >= 0.3 is 0 Å². The second-order valence-electron chi connectivity index (χ2n) is 4.46. The number of benzene rings is 2. The van der Waals surface area contributed by atoms with Crippen LogP contribution in [0.15, 0.2) is 36.4 Å². The summed E-state index contributed by atoms with van der Waals surface area (Å²) in [4.78, 5) is 11.3. The Morgan fingerprint density at radius 3 is 2.64 bits per heavy atom. The summed E-state index contributed by atoms with van der Waals surface area (Å²) in [5.74, 6) is 0.0130. The van der Waals surface area contributed by atoms with Crippen molar-refractivity contribution >= 4 is 28.5 Å². The lowest BCUT2D eigenvalue weighted by Crippen LogP contribution is -2.12. The monoisotopic (exact) mass is 415 g/mol. The van der Waals surface area contributed by atoms with Crippen LogP contribution in [0.3, 0.4) is 0 Å². The minimum Gasteiger partial charge on any atom is -0.490 e. The van der Waals surface area contributed by atoms with Crippen LogP contribution in [0.25, 0.3) is 0 Å². The molecule has 0 aliphatic heterocycles. The molecule has 1 amide bonds. The third-order valence-electron chi connectivity index (χ3n) is 2.92. The Labute approximate surface area is 141 Å². The summed E-state index contributed by atoms with van der Waals surface area (Å²) < 4.78 is 25.5. The van der Waals surface area contributed by atoms with E-state index >= 15 is 0 Å². The molecule has 6 heteroatoms. The Kier molecular flexibility index (Phi) is 5.59. The van der Waals surface area contributed by atoms with Crippen molar-refractivity contribution in [2.45, 2.75) is 13.5 Å². The second-order valence-corrected chi connectivity index (χ2v) is 5.62. The van der Waals surface area contributed by atoms with Crippen LogP contribution in [0.5, 0.6) is 11.5 Å². The predicted octanol–water partition coefficient (Wildman–Crippen LogP) is 3.51. The fourth-order valence-corrected chi connectivity index (χ4v) is 2.64. The highest BCUT2D eigenvalue weighted by molar-refractivity contribution is 14.1. The molecule has 2 aromatic carbocycles. The van der Waals surface area contributed by atoms with Crippen molar-refractivity contribution in [1.29, 1.82) is 0 Å². The number of carbonyl (C=O) groups excluding carboxylic acids is 1. The lowest BCUT2D eigenvalue weighted by molar-refractivity contribution is 0.0999. The van der Waals surface area contributed by atoms with Gasteiger partial charge in [-0.2, -0.15) is 0 Å². The van der Waals surface area contributed by atoms with Crippen LogP contribution in [-0.2, 0) is 6.61 Å². The molecular formula is C16H15FINO3. The Morgan fingerprint density at radius 2 is 2.00 bits per heavy atom. The number of hydrogen-bond acceptors (Lipinski definition) is 3. The van der Waals surface area contributed by atoms with E-state index in [-0.39, 0.29) is 12.4 Å². The Hall–Kier alpha value is -1.83. The maximum absolute atomic E-state index is 13.6. The third kappa shape index (κ3) is 3.88. The molecule has 0 bridgehead atoms. The number of primary amides is 1. The van der Waals surface area contributed by atoms with Gasteiger partial charge in [0.1, 0.15) is 12.4 Å². The highest BCUT2D eigenvalue weighted by atomic mass is 127. The molecule has 0 atom stereocenters. The highest BCUT2D eigenvalue weighted by Crippen LogP contribution is 2.34. The lowest BCUT2D eigenvalue weighted by atomic mass is 10.2. The standard InChI is InChI=1S/C16H15FINO3/c1-2-21-14-8-11(16(19)20)7-13(18)15(14)22-9-10-5-3-4-6-12(10)17/h3-8H,2,9H2,1H3,(H2,19,20). The van der Waals surface area contributed by atoms with E-state index in [1.54, 1.807) is 24.3 Å². The molecule has 0 aliphatic rings. The molecule has 2 rings (SSSR count). The molecule has 0 saturated carbocycles. The van der Waals surface area contributed by atoms with Gasteiger partial charge in [-0.25, -0.2) is 4.39 Å². The normalized spacial score (nSPS) is 10.3. The van der Waals surface area contributed by atoms with E-state index in [1.807, 2.05) is 29.5 Å². The number of amides is 1. The van der Waals surface area contributed by atoms with Crippen molar-refractivity contribution in [3.63, 3.8) is 0 Å². The molecule has 0 unspecified atom stereocenters. The van der Waals surface area contributed by atoms with E-state index in [9.17, 15) is 9.18 Å². The number of rotatable bonds is 6. The van der Waals surface area contributed by atoms with Crippen molar-refractivity contribution in [3.05, 3.63) is 56.9 Å². The van der Waals surface area contributed by atoms with Crippen molar-refractivity contribution in [3.8, 4) is 11.5 Å². The molecule has 2 aromatic rings. The van der Waals surface area contributed by atoms with Gasteiger partial charge < -0.3 is 15.2 Å². The largest absolute Gasteiger partial charge is 0.490 e. The minimum atomic E-state index is -0.542. The first kappa shape index (κ1) is 16.5. The van der Waals surface area contributed by atoms with Gasteiger partial charge in [0.05, 0.1) is 10.2 Å². The molecular weight excluding hydrogens is 400 g/mol. The summed E-state index contributed by atoms with van der Waals surface area (Å²) in [6, 6.07) is 9.54. The van der Waals surface area contributed by atoms with E-state index in [4.69, 9.17) is 15.2 Å². The molecule has 0 fully saturated rings. The van der Waals surface area contributed by atoms with Crippen molar-refractivity contribution < 1.29 is 18.7 Å². The Morgan fingerprint density at radius 1 is 1.27 bits per heavy atom. The average molecular weight is 415 g/mol. The van der Waals surface area contributed by atoms with Crippen molar-refractivity contribution in [2.75, 3.05) is 6.61 Å². The summed E-state index contributed by atoms with van der Waals surface area (Å²) >= 11 is 2.03. The summed E-state index contributed by atoms with van der Waals surface area (Å²) in [5, 5.41) is 0. The zero-order valence-electron chi connectivity index (χ0n) is 11.9. The topological polar surface area (TPSA) is 61.5 Å². The molecule has 22 heavy (non-hydrogen) atoms. The zero-order chi connectivity index (χ0) is 16.1. The average Bonchev–Trinajstić information content (AvgIpc) is 2.48. The van der Waals surface area contributed by atoms with Crippen LogP contribution in [0, 0.1) is 9.39 Å². The summed E-state index contributed by atoms with van der Waals surface area (Å²) in [6.07, 6.45) is 0. The van der Waals surface area contributed by atoms with E-state index < -0.39 is 5.91 Å². The van der Waals surface area contributed by atoms with E-state index in [1.165, 1.54) is 12.1 Å². The maximum atomic E-state index is 13.6. The predicted molar refractivity (Wildman–Crippen MR) is 89.6 cm³/mol. The van der Waals surface area contributed by atoms with Gasteiger partial charge in [-0.1, -0.05) is 18.2 Å². The van der Waals surface area contributed by atoms with Crippen molar-refractivity contribution in [1.82, 2.24) is 0 Å². The van der Waals surface area contributed by atoms with Gasteiger partial charge in [0, 0.05) is 11.1 Å². The third-order valence-corrected chi connectivity index (χ3v) is 3.73. The fourth-order valence-electron chi connectivity index (χ4n) is 1.88. The quantitative estimate of drug-likeness (QED) is 0.735. The molecule has 2 N–H and O–H groups in total. The first-order valence-corrected chi connectivity index (χ1v) is 7.73. The van der Waals surface area contributed by atoms with Gasteiger partial charge in [-0.15, -0.1) is 0 Å². The van der Waals surface area contributed by atoms with Gasteiger partial charge in [0.25, 0.3) is 0 Å². The second kappa shape index (κ2) is 7.44. The van der Waals surface area contributed by atoms with Crippen LogP contribution >= 0.6 is 22.6 Å². The number of hydrogen-bond donors (Lipinski definition) is 1. The van der Waals surface area contributed by atoms with Crippen LogP contribution in [0.1, 0.15) is 22.8 Å². The van der Waals surface area contributed by atoms with Crippen molar-refractivity contribution in [2.24, 2.45) is 5.73 Å². The minimum absolute atomic E-state index is 0.0681. The molecule has 0 saturated heterocycles. The summed E-state index contributed by atoms with van der Waals surface area (Å²) in [5.41, 5.74) is 6.08. The first-order chi connectivity index (χ1) is 10.5. The zero-order valence-corrected chi connectivity index (χ0v) is 14.1.